The average molecular weight is 407 g/mol. The molecule has 7 nitrogen and oxygen atoms in total. The number of nitrogens with zero attached hydrogens (tertiary/aromatic N) is 6. The van der Waals surface area contributed by atoms with Gasteiger partial charge in [-0.15, -0.1) is 0 Å². The van der Waals surface area contributed by atoms with Crippen LogP contribution in [0.25, 0.3) is 10.2 Å². The van der Waals surface area contributed by atoms with Gasteiger partial charge in [0.05, 0.1) is 15.2 Å². The van der Waals surface area contributed by atoms with Crippen LogP contribution < -0.4 is 4.90 Å². The number of benzene rings is 1. The smallest absolute Gasteiger partial charge is 0.250 e. The predicted molar refractivity (Wildman–Crippen MR) is 110 cm³/mol. The fraction of sp³-hybridized carbons (Fsp3) is 0.444. The van der Waals surface area contributed by atoms with Gasteiger partial charge in [-0.2, -0.15) is 5.10 Å². The molecule has 27 heavy (non-hydrogen) atoms. The van der Waals surface area contributed by atoms with E-state index in [1.807, 2.05) is 19.1 Å². The molecule has 0 atom stereocenters. The summed E-state index contributed by atoms with van der Waals surface area (Å²) in [5.74, 6) is -0.0690. The van der Waals surface area contributed by atoms with Crippen LogP contribution in [0.2, 0.25) is 5.02 Å². The molecule has 2 heterocycles. The largest absolute Gasteiger partial charge is 0.302 e. The topological polar surface area (TPSA) is 67.2 Å². The second kappa shape index (κ2) is 8.77. The maximum Gasteiger partial charge on any atom is 0.250 e. The second-order valence-electron chi connectivity index (χ2n) is 6.20. The molecule has 0 spiro atoms. The van der Waals surface area contributed by atoms with Gasteiger partial charge in [0.15, 0.2) is 5.13 Å². The van der Waals surface area contributed by atoms with Crippen molar-refractivity contribution in [2.45, 2.75) is 27.3 Å². The lowest BCUT2D eigenvalue weighted by Crippen LogP contribution is -2.40. The summed E-state index contributed by atoms with van der Waals surface area (Å²) < 4.78 is 2.44. The molecule has 0 N–H and O–H groups in total. The van der Waals surface area contributed by atoms with E-state index in [1.54, 1.807) is 11.2 Å². The average Bonchev–Trinajstić information content (AvgIpc) is 3.32. The molecular weight excluding hydrogens is 384 g/mol. The molecule has 1 aromatic carbocycles. The minimum absolute atomic E-state index is 0.0690. The Bertz CT molecular complexity index is 867. The summed E-state index contributed by atoms with van der Waals surface area (Å²) >= 11 is 7.80. The fourth-order valence-electron chi connectivity index (χ4n) is 2.85. The summed E-state index contributed by atoms with van der Waals surface area (Å²) in [5, 5.41) is 5.36. The van der Waals surface area contributed by atoms with Crippen molar-refractivity contribution in [2.24, 2.45) is 0 Å². The Morgan fingerprint density at radius 1 is 1.26 bits per heavy atom. The van der Waals surface area contributed by atoms with E-state index in [9.17, 15) is 4.79 Å². The number of amides is 1. The number of likely N-dealkylation sites (N-methyl/N-ethyl adjacent to an activating group) is 1. The monoisotopic (exact) mass is 406 g/mol. The van der Waals surface area contributed by atoms with Crippen LogP contribution in [0.5, 0.6) is 0 Å². The molecule has 0 unspecified atom stereocenters. The van der Waals surface area contributed by atoms with E-state index >= 15 is 0 Å². The Kier molecular flexibility index (Phi) is 6.41. The maximum absolute atomic E-state index is 13.0. The first-order valence-electron chi connectivity index (χ1n) is 8.94. The Labute approximate surface area is 167 Å². The SMILES string of the molecule is CCN(CC)CCN(C(=O)Cn1cncn1)c1nc2c(C)ccc(Cl)c2s1. The quantitative estimate of drug-likeness (QED) is 0.574. The van der Waals surface area contributed by atoms with Crippen LogP contribution in [0.4, 0.5) is 5.13 Å². The van der Waals surface area contributed by atoms with Crippen LogP contribution in [-0.2, 0) is 11.3 Å². The summed E-state index contributed by atoms with van der Waals surface area (Å²) in [4.78, 5) is 25.7. The van der Waals surface area contributed by atoms with E-state index in [1.165, 1.54) is 22.3 Å². The van der Waals surface area contributed by atoms with E-state index in [0.29, 0.717) is 16.7 Å². The zero-order valence-electron chi connectivity index (χ0n) is 15.7. The van der Waals surface area contributed by atoms with Crippen molar-refractivity contribution in [2.75, 3.05) is 31.1 Å². The molecule has 0 aliphatic rings. The standard InChI is InChI=1S/C18H23ClN6OS/c1-4-23(5-2)8-9-25(15(26)10-24-12-20-11-21-24)18-22-16-13(3)6-7-14(19)17(16)27-18/h6-7,11-12H,4-5,8-10H2,1-3H3. The molecule has 144 valence electrons. The third-order valence-corrected chi connectivity index (χ3v) is 6.05. The van der Waals surface area contributed by atoms with Gasteiger partial charge in [0.2, 0.25) is 0 Å². The van der Waals surface area contributed by atoms with Gasteiger partial charge in [-0.25, -0.2) is 14.6 Å². The minimum Gasteiger partial charge on any atom is -0.302 e. The van der Waals surface area contributed by atoms with E-state index in [4.69, 9.17) is 16.6 Å². The summed E-state index contributed by atoms with van der Waals surface area (Å²) in [6.45, 7) is 9.57. The molecule has 1 amide bonds. The van der Waals surface area contributed by atoms with Gasteiger partial charge in [-0.05, 0) is 31.6 Å². The molecule has 0 aliphatic heterocycles. The Hall–Kier alpha value is -2.03. The van der Waals surface area contributed by atoms with Crippen LogP contribution in [0.15, 0.2) is 24.8 Å². The number of aromatic nitrogens is 4. The zero-order chi connectivity index (χ0) is 19.4. The number of hydrogen-bond donors (Lipinski definition) is 0. The van der Waals surface area contributed by atoms with Crippen molar-refractivity contribution in [3.63, 3.8) is 0 Å². The van der Waals surface area contributed by atoms with Crippen LogP contribution in [0.3, 0.4) is 0 Å². The molecule has 0 fully saturated rings. The van der Waals surface area contributed by atoms with Crippen LogP contribution in [0, 0.1) is 6.92 Å². The maximum atomic E-state index is 13.0. The summed E-state index contributed by atoms with van der Waals surface area (Å²) in [6.07, 6.45) is 2.97. The molecule has 9 heteroatoms. The van der Waals surface area contributed by atoms with E-state index in [-0.39, 0.29) is 12.5 Å². The molecule has 3 aromatic rings. The molecule has 0 saturated carbocycles. The highest BCUT2D eigenvalue weighted by atomic mass is 35.5. The van der Waals surface area contributed by atoms with Crippen LogP contribution >= 0.6 is 22.9 Å². The molecule has 2 aromatic heterocycles. The first-order valence-corrected chi connectivity index (χ1v) is 10.1. The lowest BCUT2D eigenvalue weighted by Gasteiger charge is -2.24. The lowest BCUT2D eigenvalue weighted by atomic mass is 10.2. The van der Waals surface area contributed by atoms with E-state index in [2.05, 4.69) is 28.8 Å². The fourth-order valence-corrected chi connectivity index (χ4v) is 4.21. The van der Waals surface area contributed by atoms with Crippen LogP contribution in [0.1, 0.15) is 19.4 Å². The second-order valence-corrected chi connectivity index (χ2v) is 7.59. The number of halogens is 1. The third kappa shape index (κ3) is 4.45. The van der Waals surface area contributed by atoms with Crippen molar-refractivity contribution in [1.29, 1.82) is 0 Å². The van der Waals surface area contributed by atoms with Crippen molar-refractivity contribution in [3.8, 4) is 0 Å². The number of fused-ring (bicyclic) bond motifs is 1. The van der Waals surface area contributed by atoms with Gasteiger partial charge in [0, 0.05) is 13.1 Å². The Balaban J connectivity index is 1.91. The van der Waals surface area contributed by atoms with Crippen LogP contribution in [-0.4, -0.2) is 56.7 Å². The number of carbonyl (C=O) groups is 1. The van der Waals surface area contributed by atoms with Gasteiger partial charge in [-0.1, -0.05) is 42.9 Å². The number of carbonyl (C=O) groups excluding carboxylic acids is 1. The third-order valence-electron chi connectivity index (χ3n) is 4.52. The Morgan fingerprint density at radius 2 is 2.04 bits per heavy atom. The van der Waals surface area contributed by atoms with Gasteiger partial charge < -0.3 is 4.90 Å². The van der Waals surface area contributed by atoms with Crippen molar-refractivity contribution < 1.29 is 4.79 Å². The molecule has 0 aliphatic carbocycles. The highest BCUT2D eigenvalue weighted by Crippen LogP contribution is 2.35. The van der Waals surface area contributed by atoms with Crippen molar-refractivity contribution >= 4 is 44.2 Å². The van der Waals surface area contributed by atoms with Gasteiger partial charge in [-0.3, -0.25) is 9.69 Å². The van der Waals surface area contributed by atoms with Gasteiger partial charge >= 0.3 is 0 Å². The summed E-state index contributed by atoms with van der Waals surface area (Å²) in [5.41, 5.74) is 1.90. The molecule has 0 bridgehead atoms. The predicted octanol–water partition coefficient (Wildman–Crippen LogP) is 3.22. The first-order chi connectivity index (χ1) is 13.0. The summed E-state index contributed by atoms with van der Waals surface area (Å²) in [6, 6.07) is 3.82. The number of rotatable bonds is 8. The van der Waals surface area contributed by atoms with Gasteiger partial charge in [0.1, 0.15) is 19.2 Å². The number of hydrogen-bond acceptors (Lipinski definition) is 6. The number of aryl methyl sites for hydroxylation is 1. The summed E-state index contributed by atoms with van der Waals surface area (Å²) in [7, 11) is 0. The molecule has 0 saturated heterocycles. The molecule has 0 radical (unpaired) electrons. The minimum atomic E-state index is -0.0690. The highest BCUT2D eigenvalue weighted by Gasteiger charge is 2.22. The van der Waals surface area contributed by atoms with Crippen molar-refractivity contribution in [1.82, 2.24) is 24.6 Å². The number of anilines is 1. The highest BCUT2D eigenvalue weighted by molar-refractivity contribution is 7.23. The number of thiazole rings is 1. The van der Waals surface area contributed by atoms with E-state index < -0.39 is 0 Å². The Morgan fingerprint density at radius 3 is 2.67 bits per heavy atom. The first kappa shape index (κ1) is 19.7. The normalized spacial score (nSPS) is 11.4. The molecule has 3 rings (SSSR count). The zero-order valence-corrected chi connectivity index (χ0v) is 17.3. The lowest BCUT2D eigenvalue weighted by molar-refractivity contribution is -0.119. The van der Waals surface area contributed by atoms with Crippen molar-refractivity contribution in [3.05, 3.63) is 35.4 Å². The van der Waals surface area contributed by atoms with Gasteiger partial charge in [0.25, 0.3) is 5.91 Å². The molecular formula is C18H23ClN6OS. The van der Waals surface area contributed by atoms with E-state index in [0.717, 1.165) is 35.4 Å².